The number of carbonyl (C=O) groups excluding carboxylic acids is 1. The molecule has 0 bridgehead atoms. The normalized spacial score (nSPS) is 16.1. The summed E-state index contributed by atoms with van der Waals surface area (Å²) in [5, 5.41) is 4.75. The maximum atomic E-state index is 11.4. The Labute approximate surface area is 126 Å². The SMILES string of the molecule is Cc1ccc(-c2nn(C3CCCCC3)cc2C=O)c(C)c1. The summed E-state index contributed by atoms with van der Waals surface area (Å²) in [6.45, 7) is 4.16. The molecule has 0 aliphatic heterocycles. The van der Waals surface area contributed by atoms with Gasteiger partial charge in [0.05, 0.1) is 11.6 Å². The van der Waals surface area contributed by atoms with Crippen LogP contribution in [0, 0.1) is 13.8 Å². The molecule has 110 valence electrons. The van der Waals surface area contributed by atoms with Gasteiger partial charge in [0.1, 0.15) is 5.69 Å². The molecule has 0 saturated heterocycles. The number of aldehydes is 1. The molecular weight excluding hydrogens is 260 g/mol. The van der Waals surface area contributed by atoms with Crippen molar-refractivity contribution in [3.05, 3.63) is 41.1 Å². The van der Waals surface area contributed by atoms with Crippen LogP contribution in [-0.4, -0.2) is 16.1 Å². The zero-order valence-corrected chi connectivity index (χ0v) is 12.8. The van der Waals surface area contributed by atoms with Gasteiger partial charge in [0.15, 0.2) is 6.29 Å². The molecule has 0 spiro atoms. The van der Waals surface area contributed by atoms with E-state index in [2.05, 4.69) is 32.0 Å². The Morgan fingerprint density at radius 1 is 1.19 bits per heavy atom. The van der Waals surface area contributed by atoms with Crippen LogP contribution in [0.4, 0.5) is 0 Å². The average molecular weight is 282 g/mol. The smallest absolute Gasteiger partial charge is 0.153 e. The fourth-order valence-corrected chi connectivity index (χ4v) is 3.31. The van der Waals surface area contributed by atoms with E-state index < -0.39 is 0 Å². The molecule has 1 aliphatic rings. The van der Waals surface area contributed by atoms with Gasteiger partial charge in [-0.2, -0.15) is 5.10 Å². The van der Waals surface area contributed by atoms with E-state index >= 15 is 0 Å². The minimum Gasteiger partial charge on any atom is -0.298 e. The van der Waals surface area contributed by atoms with Crippen LogP contribution < -0.4 is 0 Å². The number of benzene rings is 1. The van der Waals surface area contributed by atoms with E-state index in [-0.39, 0.29) is 0 Å². The summed E-state index contributed by atoms with van der Waals surface area (Å²) in [4.78, 5) is 11.4. The highest BCUT2D eigenvalue weighted by Crippen LogP contribution is 2.31. The van der Waals surface area contributed by atoms with Crippen molar-refractivity contribution in [3.8, 4) is 11.3 Å². The van der Waals surface area contributed by atoms with Crippen molar-refractivity contribution in [2.75, 3.05) is 0 Å². The van der Waals surface area contributed by atoms with Crippen molar-refractivity contribution in [1.29, 1.82) is 0 Å². The van der Waals surface area contributed by atoms with Crippen LogP contribution in [0.1, 0.15) is 59.6 Å². The third kappa shape index (κ3) is 2.78. The monoisotopic (exact) mass is 282 g/mol. The lowest BCUT2D eigenvalue weighted by molar-refractivity contribution is 0.112. The molecule has 3 heteroatoms. The molecule has 3 rings (SSSR count). The summed E-state index contributed by atoms with van der Waals surface area (Å²) < 4.78 is 2.03. The van der Waals surface area contributed by atoms with Gasteiger partial charge in [-0.15, -0.1) is 0 Å². The third-order valence-electron chi connectivity index (χ3n) is 4.47. The second-order valence-electron chi connectivity index (χ2n) is 6.14. The standard InChI is InChI=1S/C18H22N2O/c1-13-8-9-17(14(2)10-13)18-15(12-21)11-20(19-18)16-6-4-3-5-7-16/h8-12,16H,3-7H2,1-2H3. The number of rotatable bonds is 3. The lowest BCUT2D eigenvalue weighted by Crippen LogP contribution is -2.13. The maximum Gasteiger partial charge on any atom is 0.153 e. The van der Waals surface area contributed by atoms with E-state index in [1.807, 2.05) is 10.9 Å². The van der Waals surface area contributed by atoms with Gasteiger partial charge >= 0.3 is 0 Å². The highest BCUT2D eigenvalue weighted by atomic mass is 16.1. The van der Waals surface area contributed by atoms with Crippen LogP contribution in [0.5, 0.6) is 0 Å². The molecule has 0 unspecified atom stereocenters. The Morgan fingerprint density at radius 2 is 1.95 bits per heavy atom. The van der Waals surface area contributed by atoms with Crippen molar-refractivity contribution in [1.82, 2.24) is 9.78 Å². The summed E-state index contributed by atoms with van der Waals surface area (Å²) in [5.74, 6) is 0. The summed E-state index contributed by atoms with van der Waals surface area (Å²) in [6.07, 6.45) is 9.05. The largest absolute Gasteiger partial charge is 0.298 e. The molecule has 1 aromatic heterocycles. The van der Waals surface area contributed by atoms with Crippen LogP contribution in [-0.2, 0) is 0 Å². The lowest BCUT2D eigenvalue weighted by atomic mass is 9.96. The molecule has 1 saturated carbocycles. The first-order valence-electron chi connectivity index (χ1n) is 7.81. The molecule has 21 heavy (non-hydrogen) atoms. The van der Waals surface area contributed by atoms with Crippen LogP contribution in [0.2, 0.25) is 0 Å². The zero-order valence-electron chi connectivity index (χ0n) is 12.8. The van der Waals surface area contributed by atoms with E-state index in [1.165, 1.54) is 43.2 Å². The number of aromatic nitrogens is 2. The predicted molar refractivity (Wildman–Crippen MR) is 84.6 cm³/mol. The summed E-state index contributed by atoms with van der Waals surface area (Å²) in [7, 11) is 0. The van der Waals surface area contributed by atoms with Crippen molar-refractivity contribution < 1.29 is 4.79 Å². The molecule has 0 N–H and O–H groups in total. The van der Waals surface area contributed by atoms with Crippen molar-refractivity contribution in [3.63, 3.8) is 0 Å². The average Bonchev–Trinajstić information content (AvgIpc) is 2.92. The molecule has 1 aromatic carbocycles. The quantitative estimate of drug-likeness (QED) is 0.778. The number of aryl methyl sites for hydroxylation is 2. The van der Waals surface area contributed by atoms with Crippen LogP contribution >= 0.6 is 0 Å². The van der Waals surface area contributed by atoms with Gasteiger partial charge in [-0.3, -0.25) is 9.48 Å². The van der Waals surface area contributed by atoms with Gasteiger partial charge in [-0.05, 0) is 32.3 Å². The Kier molecular flexibility index (Phi) is 3.91. The van der Waals surface area contributed by atoms with Gasteiger partial charge in [0.25, 0.3) is 0 Å². The van der Waals surface area contributed by atoms with E-state index in [1.54, 1.807) is 0 Å². The van der Waals surface area contributed by atoms with Gasteiger partial charge in [-0.25, -0.2) is 0 Å². The summed E-state index contributed by atoms with van der Waals surface area (Å²) in [6, 6.07) is 6.75. The fourth-order valence-electron chi connectivity index (χ4n) is 3.31. The maximum absolute atomic E-state index is 11.4. The minimum atomic E-state index is 0.456. The number of carbonyl (C=O) groups is 1. The molecule has 1 aliphatic carbocycles. The van der Waals surface area contributed by atoms with Crippen molar-refractivity contribution >= 4 is 6.29 Å². The van der Waals surface area contributed by atoms with E-state index in [4.69, 9.17) is 5.10 Å². The highest BCUT2D eigenvalue weighted by molar-refractivity contribution is 5.86. The van der Waals surface area contributed by atoms with Crippen LogP contribution in [0.15, 0.2) is 24.4 Å². The Morgan fingerprint density at radius 3 is 2.62 bits per heavy atom. The van der Waals surface area contributed by atoms with Crippen LogP contribution in [0.3, 0.4) is 0 Å². The Balaban J connectivity index is 2.01. The predicted octanol–water partition coefficient (Wildman–Crippen LogP) is 4.48. The van der Waals surface area contributed by atoms with Gasteiger partial charge in [0, 0.05) is 11.8 Å². The first-order valence-corrected chi connectivity index (χ1v) is 7.81. The molecule has 0 atom stereocenters. The first kappa shape index (κ1) is 14.1. The summed E-state index contributed by atoms with van der Waals surface area (Å²) >= 11 is 0. The number of hydrogen-bond donors (Lipinski definition) is 0. The first-order chi connectivity index (χ1) is 10.2. The minimum absolute atomic E-state index is 0.456. The fraction of sp³-hybridized carbons (Fsp3) is 0.444. The molecule has 3 nitrogen and oxygen atoms in total. The molecule has 1 heterocycles. The molecule has 2 aromatic rings. The van der Waals surface area contributed by atoms with Crippen LogP contribution in [0.25, 0.3) is 11.3 Å². The van der Waals surface area contributed by atoms with Crippen molar-refractivity contribution in [2.24, 2.45) is 0 Å². The van der Waals surface area contributed by atoms with Crippen molar-refractivity contribution in [2.45, 2.75) is 52.0 Å². The lowest BCUT2D eigenvalue weighted by Gasteiger charge is -2.21. The number of nitrogens with zero attached hydrogens (tertiary/aromatic N) is 2. The van der Waals surface area contributed by atoms with E-state index in [0.717, 1.165) is 17.5 Å². The van der Waals surface area contributed by atoms with Gasteiger partial charge in [-0.1, -0.05) is 43.0 Å². The van der Waals surface area contributed by atoms with Gasteiger partial charge in [0.2, 0.25) is 0 Å². The molecule has 1 fully saturated rings. The molecular formula is C18H22N2O. The number of hydrogen-bond acceptors (Lipinski definition) is 2. The molecule has 0 radical (unpaired) electrons. The second-order valence-corrected chi connectivity index (χ2v) is 6.14. The highest BCUT2D eigenvalue weighted by Gasteiger charge is 2.19. The Bertz CT molecular complexity index is 651. The second kappa shape index (κ2) is 5.84. The Hall–Kier alpha value is -1.90. The van der Waals surface area contributed by atoms with E-state index in [9.17, 15) is 4.79 Å². The van der Waals surface area contributed by atoms with E-state index in [0.29, 0.717) is 11.6 Å². The zero-order chi connectivity index (χ0) is 14.8. The van der Waals surface area contributed by atoms with Gasteiger partial charge < -0.3 is 0 Å². The topological polar surface area (TPSA) is 34.9 Å². The third-order valence-corrected chi connectivity index (χ3v) is 4.47. The molecule has 0 amide bonds. The summed E-state index contributed by atoms with van der Waals surface area (Å²) in [5.41, 5.74) is 5.00.